The van der Waals surface area contributed by atoms with Crippen LogP contribution in [-0.4, -0.2) is 127 Å². The van der Waals surface area contributed by atoms with Crippen LogP contribution in [0.1, 0.15) is 63.1 Å². The van der Waals surface area contributed by atoms with Crippen molar-refractivity contribution in [2.75, 3.05) is 84.2 Å². The third-order valence-corrected chi connectivity index (χ3v) is 13.8. The maximum Gasteiger partial charge on any atom is 0.234 e. The van der Waals surface area contributed by atoms with Crippen molar-refractivity contribution in [1.29, 1.82) is 0 Å². The minimum Gasteiger partial charge on any atom is -0.494 e. The quantitative estimate of drug-likeness (QED) is 0.191. The number of halogens is 2. The largest absolute Gasteiger partial charge is 0.494 e. The third kappa shape index (κ3) is 9.14. The van der Waals surface area contributed by atoms with Gasteiger partial charge in [0, 0.05) is 114 Å². The molecule has 61 heavy (non-hydrogen) atoms. The first-order valence-electron chi connectivity index (χ1n) is 22.3. The Morgan fingerprint density at radius 3 is 2.69 bits per heavy atom. The number of carbonyl (C=O) groups excluding carboxylic acids is 2. The van der Waals surface area contributed by atoms with E-state index in [1.807, 2.05) is 31.3 Å². The molecular formula is C47H60F2N8O4. The smallest absolute Gasteiger partial charge is 0.234 e. The lowest BCUT2D eigenvalue weighted by molar-refractivity contribution is -0.135. The van der Waals surface area contributed by atoms with Crippen molar-refractivity contribution in [3.8, 4) is 0 Å². The van der Waals surface area contributed by atoms with Crippen molar-refractivity contribution in [1.82, 2.24) is 35.2 Å². The molecule has 3 saturated heterocycles. The molecule has 7 aliphatic rings. The number of benzene rings is 1. The Morgan fingerprint density at radius 2 is 1.89 bits per heavy atom. The van der Waals surface area contributed by atoms with Crippen molar-refractivity contribution >= 4 is 23.3 Å². The fourth-order valence-electron chi connectivity index (χ4n) is 10.4. The number of carbonyl (C=O) groups is 2. The summed E-state index contributed by atoms with van der Waals surface area (Å²) in [6.07, 6.45) is 8.86. The Kier molecular flexibility index (Phi) is 12.1. The predicted molar refractivity (Wildman–Crippen MR) is 230 cm³/mol. The molecule has 1 aromatic heterocycles. The van der Waals surface area contributed by atoms with Crippen LogP contribution in [0, 0.1) is 17.7 Å². The standard InChI is InChI=1S/C47H60F2N8O4/c1-30-8-11-47(49,23-39(30)38-6-7-43(58)53-46(38)59)28-55-26-37(27-55)56-16-14-54(15-17-56)29-60-18-10-33-4-5-36(22-40(33)48)52-42-21-35-25-57(13-9-34(35)24-51-42)45-31(2)20-41-44(32(45)3)50-12-19-61-41/h4-5,8,21-24,31,37-38,50H,6-7,9-20,25-29H2,1-3H3,(H,51,52)(H,53,58,59). The summed E-state index contributed by atoms with van der Waals surface area (Å²) in [5.74, 6) is 0.862. The van der Waals surface area contributed by atoms with Crippen LogP contribution in [0.2, 0.25) is 0 Å². The number of nitrogens with one attached hydrogen (secondary N) is 3. The van der Waals surface area contributed by atoms with E-state index >= 15 is 8.78 Å². The van der Waals surface area contributed by atoms with E-state index < -0.39 is 11.6 Å². The molecule has 0 bridgehead atoms. The molecule has 3 unspecified atom stereocenters. The summed E-state index contributed by atoms with van der Waals surface area (Å²) in [5, 5.41) is 9.32. The number of amides is 2. The topological polar surface area (TPSA) is 115 Å². The number of hydrogen-bond acceptors (Lipinski definition) is 11. The molecule has 0 spiro atoms. The Morgan fingerprint density at radius 1 is 1.05 bits per heavy atom. The second kappa shape index (κ2) is 17.6. The number of anilines is 2. The zero-order chi connectivity index (χ0) is 42.3. The number of imide groups is 1. The van der Waals surface area contributed by atoms with E-state index in [0.717, 1.165) is 101 Å². The Labute approximate surface area is 358 Å². The monoisotopic (exact) mass is 838 g/mol. The summed E-state index contributed by atoms with van der Waals surface area (Å²) in [7, 11) is 0. The molecule has 14 heteroatoms. The van der Waals surface area contributed by atoms with E-state index in [1.165, 1.54) is 22.4 Å². The molecule has 2 amide bonds. The number of piperidine rings is 1. The van der Waals surface area contributed by atoms with Crippen LogP contribution in [0.25, 0.3) is 0 Å². The highest BCUT2D eigenvalue weighted by Gasteiger charge is 2.42. The Hall–Kier alpha value is -4.63. The van der Waals surface area contributed by atoms with E-state index in [2.05, 4.69) is 60.4 Å². The first-order valence-corrected chi connectivity index (χ1v) is 22.3. The highest BCUT2D eigenvalue weighted by atomic mass is 19.1. The lowest BCUT2D eigenvalue weighted by Crippen LogP contribution is -2.64. The highest BCUT2D eigenvalue weighted by Crippen LogP contribution is 2.40. The molecule has 3 N–H and O–H groups in total. The van der Waals surface area contributed by atoms with Gasteiger partial charge < -0.3 is 25.0 Å². The fourth-order valence-corrected chi connectivity index (χ4v) is 10.4. The van der Waals surface area contributed by atoms with Gasteiger partial charge in [0.05, 0.1) is 25.0 Å². The molecule has 0 radical (unpaired) electrons. The summed E-state index contributed by atoms with van der Waals surface area (Å²) in [6.45, 7) is 16.2. The number of alkyl halides is 1. The highest BCUT2D eigenvalue weighted by molar-refractivity contribution is 6.00. The van der Waals surface area contributed by atoms with Gasteiger partial charge in [0.25, 0.3) is 0 Å². The molecule has 3 atom stereocenters. The van der Waals surface area contributed by atoms with Gasteiger partial charge in [-0.1, -0.05) is 24.6 Å². The summed E-state index contributed by atoms with van der Waals surface area (Å²) in [4.78, 5) is 38.3. The maximum atomic E-state index is 16.1. The normalized spacial score (nSPS) is 26.7. The van der Waals surface area contributed by atoms with Gasteiger partial charge in [-0.05, 0) is 85.2 Å². The predicted octanol–water partition coefficient (Wildman–Crippen LogP) is 5.32. The van der Waals surface area contributed by atoms with Crippen molar-refractivity contribution in [3.63, 3.8) is 0 Å². The number of hydrogen-bond donors (Lipinski definition) is 3. The van der Waals surface area contributed by atoms with Crippen LogP contribution in [-0.2, 0) is 38.4 Å². The zero-order valence-electron chi connectivity index (χ0n) is 35.8. The molecule has 5 aliphatic heterocycles. The second-order valence-electron chi connectivity index (χ2n) is 18.1. The molecule has 6 heterocycles. The molecule has 12 nitrogen and oxygen atoms in total. The van der Waals surface area contributed by atoms with Gasteiger partial charge in [0.15, 0.2) is 0 Å². The Bertz CT molecular complexity index is 2160. The van der Waals surface area contributed by atoms with Gasteiger partial charge in [-0.15, -0.1) is 0 Å². The van der Waals surface area contributed by atoms with Crippen molar-refractivity contribution < 1.29 is 27.8 Å². The maximum absolute atomic E-state index is 16.1. The number of pyridine rings is 1. The summed E-state index contributed by atoms with van der Waals surface area (Å²) in [5.41, 5.74) is 7.74. The summed E-state index contributed by atoms with van der Waals surface area (Å²) in [6, 6.07) is 7.79. The van der Waals surface area contributed by atoms with E-state index in [0.29, 0.717) is 68.2 Å². The second-order valence-corrected chi connectivity index (χ2v) is 18.1. The molecule has 326 valence electrons. The average molecular weight is 839 g/mol. The fraction of sp³-hybridized carbons (Fsp3) is 0.553. The van der Waals surface area contributed by atoms with Crippen LogP contribution >= 0.6 is 0 Å². The van der Waals surface area contributed by atoms with Gasteiger partial charge in [-0.25, -0.2) is 13.8 Å². The molecule has 0 saturated carbocycles. The van der Waals surface area contributed by atoms with Crippen LogP contribution in [0.3, 0.4) is 0 Å². The van der Waals surface area contributed by atoms with Crippen molar-refractivity contribution in [3.05, 3.63) is 99.0 Å². The molecule has 1 aromatic carbocycles. The van der Waals surface area contributed by atoms with Crippen molar-refractivity contribution in [2.45, 2.75) is 77.6 Å². The van der Waals surface area contributed by atoms with Gasteiger partial charge in [-0.3, -0.25) is 29.6 Å². The first-order chi connectivity index (χ1) is 29.5. The molecule has 9 rings (SSSR count). The minimum absolute atomic E-state index is 0.260. The van der Waals surface area contributed by atoms with Crippen LogP contribution in [0.15, 0.2) is 76.5 Å². The number of likely N-dealkylation sites (tertiary alicyclic amines) is 1. The number of fused-ring (bicyclic) bond motifs is 1. The van der Waals surface area contributed by atoms with Gasteiger partial charge in [-0.2, -0.15) is 0 Å². The summed E-state index contributed by atoms with van der Waals surface area (Å²) < 4.78 is 43.5. The lowest BCUT2D eigenvalue weighted by Gasteiger charge is -2.49. The zero-order valence-corrected chi connectivity index (χ0v) is 35.8. The molecule has 2 aromatic rings. The van der Waals surface area contributed by atoms with Crippen LogP contribution < -0.4 is 16.0 Å². The van der Waals surface area contributed by atoms with Gasteiger partial charge >= 0.3 is 0 Å². The van der Waals surface area contributed by atoms with Gasteiger partial charge in [0.2, 0.25) is 11.8 Å². The van der Waals surface area contributed by atoms with Crippen LogP contribution in [0.4, 0.5) is 20.3 Å². The minimum atomic E-state index is -1.53. The number of aromatic nitrogens is 1. The number of nitrogens with zero attached hydrogens (tertiary/aromatic N) is 5. The molecule has 3 fully saturated rings. The van der Waals surface area contributed by atoms with E-state index in [1.54, 1.807) is 12.1 Å². The van der Waals surface area contributed by atoms with E-state index in [9.17, 15) is 9.59 Å². The summed E-state index contributed by atoms with van der Waals surface area (Å²) >= 11 is 0. The number of piperazine rings is 1. The average Bonchev–Trinajstić information content (AvgIpc) is 3.23. The third-order valence-electron chi connectivity index (χ3n) is 13.8. The molecule has 2 aliphatic carbocycles. The van der Waals surface area contributed by atoms with Crippen molar-refractivity contribution in [2.24, 2.45) is 11.8 Å². The Balaban J connectivity index is 0.693. The SMILES string of the molecule is CC1=CCC(F)(CN2CC(N3CCN(COCCc4ccc(Nc5cc6c(cn5)CCN(C5=C(C)C7=C(CC5C)OCCN7)C6)cc4F)CC3)C2)C=C1C1CCC(=O)NC1=O. The number of rotatable bonds is 12. The molecular weight excluding hydrogens is 779 g/mol. The number of allylic oxidation sites excluding steroid dienone is 5. The lowest BCUT2D eigenvalue weighted by atomic mass is 9.79. The first kappa shape index (κ1) is 41.7. The van der Waals surface area contributed by atoms with E-state index in [-0.39, 0.29) is 24.1 Å². The van der Waals surface area contributed by atoms with Gasteiger partial charge in [0.1, 0.15) is 29.7 Å². The van der Waals surface area contributed by atoms with Crippen LogP contribution in [0.5, 0.6) is 0 Å². The number of ether oxygens (including phenoxy) is 2. The van der Waals surface area contributed by atoms with E-state index in [4.69, 9.17) is 9.47 Å².